The number of urea groups is 1. The maximum Gasteiger partial charge on any atom is 0.321 e. The predicted molar refractivity (Wildman–Crippen MR) is 171 cm³/mol. The minimum Gasteiger partial charge on any atom is -0.340 e. The van der Waals surface area contributed by atoms with Crippen molar-refractivity contribution in [3.63, 3.8) is 0 Å². The summed E-state index contributed by atoms with van der Waals surface area (Å²) in [6.45, 7) is 3.43. The highest BCUT2D eigenvalue weighted by atomic mass is 16.6. The molecule has 0 radical (unpaired) electrons. The number of carbonyl (C=O) groups excluding carboxylic acids is 2. The van der Waals surface area contributed by atoms with Crippen LogP contribution in [-0.2, 0) is 11.2 Å². The normalized spacial score (nSPS) is 13.4. The van der Waals surface area contributed by atoms with Crippen LogP contribution in [0.3, 0.4) is 0 Å². The van der Waals surface area contributed by atoms with Crippen molar-refractivity contribution in [2.24, 2.45) is 0 Å². The van der Waals surface area contributed by atoms with Crippen molar-refractivity contribution >= 4 is 23.3 Å². The van der Waals surface area contributed by atoms with Crippen LogP contribution in [0.5, 0.6) is 0 Å². The molecule has 1 aliphatic rings. The van der Waals surface area contributed by atoms with Crippen molar-refractivity contribution < 1.29 is 14.5 Å². The van der Waals surface area contributed by atoms with Gasteiger partial charge in [-0.25, -0.2) is 4.79 Å². The van der Waals surface area contributed by atoms with E-state index in [-0.39, 0.29) is 36.6 Å². The molecule has 3 amide bonds. The van der Waals surface area contributed by atoms with Crippen LogP contribution in [0.2, 0.25) is 0 Å². The van der Waals surface area contributed by atoms with E-state index in [1.807, 2.05) is 47.4 Å². The molecule has 0 unspecified atom stereocenters. The van der Waals surface area contributed by atoms with E-state index < -0.39 is 4.92 Å². The summed E-state index contributed by atoms with van der Waals surface area (Å²) in [4.78, 5) is 43.1. The van der Waals surface area contributed by atoms with Gasteiger partial charge in [-0.1, -0.05) is 91.0 Å². The monoisotopic (exact) mass is 591 g/mol. The van der Waals surface area contributed by atoms with E-state index >= 15 is 0 Å². The Labute approximate surface area is 257 Å². The second-order valence-corrected chi connectivity index (χ2v) is 10.8. The number of piperazine rings is 1. The number of nitrogens with zero attached hydrogens (tertiary/aromatic N) is 4. The van der Waals surface area contributed by atoms with Crippen LogP contribution in [0.15, 0.2) is 115 Å². The van der Waals surface area contributed by atoms with Gasteiger partial charge in [-0.2, -0.15) is 0 Å². The third-order valence-electron chi connectivity index (χ3n) is 7.99. The summed E-state index contributed by atoms with van der Waals surface area (Å²) >= 11 is 0. The molecule has 44 heavy (non-hydrogen) atoms. The number of nitrogens with one attached hydrogen (secondary N) is 1. The van der Waals surface area contributed by atoms with Gasteiger partial charge in [0.2, 0.25) is 5.91 Å². The summed E-state index contributed by atoms with van der Waals surface area (Å²) in [7, 11) is 0. The molecule has 0 aromatic heterocycles. The fourth-order valence-electron chi connectivity index (χ4n) is 5.60. The second kappa shape index (κ2) is 14.9. The lowest BCUT2D eigenvalue weighted by Gasteiger charge is -2.40. The Hall–Kier alpha value is -5.02. The third-order valence-corrected chi connectivity index (χ3v) is 7.99. The number of amides is 3. The van der Waals surface area contributed by atoms with Gasteiger partial charge in [-0.3, -0.25) is 19.8 Å². The zero-order valence-corrected chi connectivity index (χ0v) is 24.6. The van der Waals surface area contributed by atoms with Crippen molar-refractivity contribution in [1.82, 2.24) is 14.7 Å². The van der Waals surface area contributed by atoms with Crippen LogP contribution in [0.1, 0.15) is 29.2 Å². The molecule has 4 aromatic carbocycles. The zero-order chi connectivity index (χ0) is 30.7. The number of anilines is 1. The molecule has 1 aliphatic heterocycles. The molecule has 0 saturated carbocycles. The topological polar surface area (TPSA) is 99.0 Å². The Kier molecular flexibility index (Phi) is 10.3. The highest BCUT2D eigenvalue weighted by molar-refractivity contribution is 5.89. The Morgan fingerprint density at radius 3 is 1.84 bits per heavy atom. The van der Waals surface area contributed by atoms with Crippen molar-refractivity contribution in [1.29, 1.82) is 0 Å². The summed E-state index contributed by atoms with van der Waals surface area (Å²) in [6.07, 6.45) is 0.852. The van der Waals surface area contributed by atoms with E-state index in [4.69, 9.17) is 0 Å². The van der Waals surface area contributed by atoms with Gasteiger partial charge in [0.25, 0.3) is 5.69 Å². The highest BCUT2D eigenvalue weighted by Crippen LogP contribution is 2.29. The molecule has 1 heterocycles. The molecule has 4 aromatic rings. The van der Waals surface area contributed by atoms with Crippen molar-refractivity contribution in [3.05, 3.63) is 142 Å². The standard InChI is InChI=1S/C35H37N5O4/c41-33(37-24-26-38(27-25-37)34(29-12-6-2-7-13-29)30-14-8-3-9-15-30)21-23-39(22-20-28-10-4-1-5-11-28)35(42)36-31-16-18-32(19-17-31)40(43)44/h1-19,34H,20-27H2,(H,36,42). The van der Waals surface area contributed by atoms with Gasteiger partial charge < -0.3 is 15.1 Å². The van der Waals surface area contributed by atoms with Gasteiger partial charge in [0.15, 0.2) is 0 Å². The first-order valence-electron chi connectivity index (χ1n) is 14.9. The number of nitro groups is 1. The molecule has 1 fully saturated rings. The Balaban J connectivity index is 1.20. The molecular formula is C35H37N5O4. The van der Waals surface area contributed by atoms with Gasteiger partial charge in [0.05, 0.1) is 11.0 Å². The summed E-state index contributed by atoms with van der Waals surface area (Å²) in [5, 5.41) is 13.8. The molecule has 0 spiro atoms. The number of rotatable bonds is 11. The molecule has 0 aliphatic carbocycles. The lowest BCUT2D eigenvalue weighted by atomic mass is 9.96. The molecule has 9 nitrogen and oxygen atoms in total. The van der Waals surface area contributed by atoms with Crippen molar-refractivity contribution in [2.75, 3.05) is 44.6 Å². The molecule has 226 valence electrons. The quantitative estimate of drug-likeness (QED) is 0.171. The minimum atomic E-state index is -0.479. The number of hydrogen-bond donors (Lipinski definition) is 1. The van der Waals surface area contributed by atoms with Crippen LogP contribution in [0.4, 0.5) is 16.2 Å². The molecule has 0 bridgehead atoms. The van der Waals surface area contributed by atoms with Gasteiger partial charge in [0.1, 0.15) is 0 Å². The van der Waals surface area contributed by atoms with E-state index in [2.05, 4.69) is 58.7 Å². The summed E-state index contributed by atoms with van der Waals surface area (Å²) < 4.78 is 0. The van der Waals surface area contributed by atoms with Gasteiger partial charge in [0, 0.05) is 63.5 Å². The lowest BCUT2D eigenvalue weighted by molar-refractivity contribution is -0.384. The largest absolute Gasteiger partial charge is 0.340 e. The van der Waals surface area contributed by atoms with E-state index in [1.54, 1.807) is 4.90 Å². The first kappa shape index (κ1) is 30.4. The van der Waals surface area contributed by atoms with Crippen LogP contribution >= 0.6 is 0 Å². The zero-order valence-electron chi connectivity index (χ0n) is 24.6. The van der Waals surface area contributed by atoms with E-state index in [0.29, 0.717) is 31.7 Å². The van der Waals surface area contributed by atoms with Crippen LogP contribution in [-0.4, -0.2) is 70.8 Å². The second-order valence-electron chi connectivity index (χ2n) is 10.8. The Morgan fingerprint density at radius 1 is 0.750 bits per heavy atom. The van der Waals surface area contributed by atoms with Gasteiger partial charge in [-0.15, -0.1) is 0 Å². The molecule has 5 rings (SSSR count). The van der Waals surface area contributed by atoms with E-state index in [1.165, 1.54) is 35.4 Å². The molecule has 0 atom stereocenters. The smallest absolute Gasteiger partial charge is 0.321 e. The number of nitro benzene ring substituents is 1. The Bertz CT molecular complexity index is 1470. The third kappa shape index (κ3) is 8.08. The van der Waals surface area contributed by atoms with E-state index in [9.17, 15) is 19.7 Å². The number of carbonyl (C=O) groups is 2. The first-order chi connectivity index (χ1) is 21.5. The van der Waals surface area contributed by atoms with Crippen LogP contribution in [0, 0.1) is 10.1 Å². The number of non-ortho nitro benzene ring substituents is 1. The SMILES string of the molecule is O=C(CCN(CCc1ccccc1)C(=O)Nc1ccc([N+](=O)[O-])cc1)N1CCN(C(c2ccccc2)c2ccccc2)CC1. The fourth-order valence-corrected chi connectivity index (χ4v) is 5.60. The summed E-state index contributed by atoms with van der Waals surface area (Å²) in [5.74, 6) is 0.0217. The molecule has 9 heteroatoms. The summed E-state index contributed by atoms with van der Waals surface area (Å²) in [5.41, 5.74) is 3.96. The Morgan fingerprint density at radius 2 is 1.30 bits per heavy atom. The lowest BCUT2D eigenvalue weighted by Crippen LogP contribution is -2.50. The summed E-state index contributed by atoms with van der Waals surface area (Å²) in [6, 6.07) is 36.3. The fraction of sp³-hybridized carbons (Fsp3) is 0.257. The number of hydrogen-bond acceptors (Lipinski definition) is 5. The number of benzene rings is 4. The predicted octanol–water partition coefficient (Wildman–Crippen LogP) is 6.00. The van der Waals surface area contributed by atoms with E-state index in [0.717, 1.165) is 18.7 Å². The minimum absolute atomic E-state index is 0.0217. The molecule has 1 saturated heterocycles. The first-order valence-corrected chi connectivity index (χ1v) is 14.9. The maximum absolute atomic E-state index is 13.4. The van der Waals surface area contributed by atoms with Crippen molar-refractivity contribution in [2.45, 2.75) is 18.9 Å². The highest BCUT2D eigenvalue weighted by Gasteiger charge is 2.28. The van der Waals surface area contributed by atoms with Crippen molar-refractivity contribution in [3.8, 4) is 0 Å². The molecule has 1 N–H and O–H groups in total. The molecular weight excluding hydrogens is 554 g/mol. The van der Waals surface area contributed by atoms with Gasteiger partial charge in [-0.05, 0) is 35.2 Å². The van der Waals surface area contributed by atoms with Crippen LogP contribution in [0.25, 0.3) is 0 Å². The maximum atomic E-state index is 13.4. The van der Waals surface area contributed by atoms with Gasteiger partial charge >= 0.3 is 6.03 Å². The van der Waals surface area contributed by atoms with Crippen LogP contribution < -0.4 is 5.32 Å². The average molecular weight is 592 g/mol. The average Bonchev–Trinajstić information content (AvgIpc) is 3.07.